The maximum Gasteiger partial charge on any atom is 0.152 e. The minimum absolute atomic E-state index is 0.131. The van der Waals surface area contributed by atoms with Gasteiger partial charge >= 0.3 is 0 Å². The van der Waals surface area contributed by atoms with Crippen LogP contribution in [0.3, 0.4) is 0 Å². The highest BCUT2D eigenvalue weighted by molar-refractivity contribution is 9.10. The molecule has 6 heteroatoms. The van der Waals surface area contributed by atoms with Crippen LogP contribution in [0.15, 0.2) is 34.8 Å². The average Bonchev–Trinajstić information content (AvgIpc) is 2.30. The van der Waals surface area contributed by atoms with Gasteiger partial charge in [-0.2, -0.15) is 0 Å². The topological polar surface area (TPSA) is 12.0 Å². The molecule has 2 aromatic rings. The van der Waals surface area contributed by atoms with Crippen LogP contribution in [-0.2, 0) is 6.54 Å². The van der Waals surface area contributed by atoms with E-state index < -0.39 is 17.5 Å². The third kappa shape index (κ3) is 3.42. The number of nitrogens with one attached hydrogen (secondary N) is 1. The van der Waals surface area contributed by atoms with E-state index in [-0.39, 0.29) is 12.2 Å². The van der Waals surface area contributed by atoms with E-state index in [0.717, 1.165) is 4.47 Å². The van der Waals surface area contributed by atoms with Gasteiger partial charge in [0.25, 0.3) is 0 Å². The Bertz CT molecular complexity index is 596. The SMILES string of the molecule is Fc1cc(F)c(NCc2ccc(Br)cc2Cl)c(F)c1. The highest BCUT2D eigenvalue weighted by atomic mass is 79.9. The van der Waals surface area contributed by atoms with Crippen molar-refractivity contribution < 1.29 is 13.2 Å². The van der Waals surface area contributed by atoms with Crippen LogP contribution in [0.1, 0.15) is 5.56 Å². The molecule has 0 radical (unpaired) electrons. The van der Waals surface area contributed by atoms with Gasteiger partial charge in [0.1, 0.15) is 11.5 Å². The molecule has 1 N–H and O–H groups in total. The molecule has 100 valence electrons. The van der Waals surface area contributed by atoms with E-state index in [2.05, 4.69) is 21.2 Å². The molecule has 0 bridgehead atoms. The van der Waals surface area contributed by atoms with Gasteiger partial charge in [0.05, 0.1) is 0 Å². The van der Waals surface area contributed by atoms with Gasteiger partial charge in [0, 0.05) is 28.2 Å². The molecule has 0 fully saturated rings. The lowest BCUT2D eigenvalue weighted by atomic mass is 10.2. The van der Waals surface area contributed by atoms with E-state index in [1.165, 1.54) is 0 Å². The van der Waals surface area contributed by atoms with Gasteiger partial charge in [-0.15, -0.1) is 0 Å². The largest absolute Gasteiger partial charge is 0.376 e. The zero-order valence-electron chi connectivity index (χ0n) is 9.48. The van der Waals surface area contributed by atoms with E-state index >= 15 is 0 Å². The summed E-state index contributed by atoms with van der Waals surface area (Å²) >= 11 is 9.24. The average molecular weight is 351 g/mol. The lowest BCUT2D eigenvalue weighted by molar-refractivity contribution is 0.547. The molecule has 1 nitrogen and oxygen atoms in total. The van der Waals surface area contributed by atoms with E-state index in [4.69, 9.17) is 11.6 Å². The third-order valence-electron chi connectivity index (χ3n) is 2.48. The fourth-order valence-corrected chi connectivity index (χ4v) is 2.30. The Hall–Kier alpha value is -1.20. The van der Waals surface area contributed by atoms with Crippen LogP contribution in [0.25, 0.3) is 0 Å². The second-order valence-corrected chi connectivity index (χ2v) is 5.16. The predicted octanol–water partition coefficient (Wildman–Crippen LogP) is 5.13. The number of halogens is 5. The summed E-state index contributed by atoms with van der Waals surface area (Å²) in [5.41, 5.74) is 0.299. The standard InChI is InChI=1S/C13H8BrClF3N/c14-8-2-1-7(10(15)3-8)6-19-13-11(17)4-9(16)5-12(13)18/h1-5,19H,6H2. The Balaban J connectivity index is 2.19. The first-order valence-corrected chi connectivity index (χ1v) is 6.47. The Kier molecular flexibility index (Phi) is 4.37. The zero-order valence-corrected chi connectivity index (χ0v) is 11.8. The fraction of sp³-hybridized carbons (Fsp3) is 0.0769. The number of hydrogen-bond acceptors (Lipinski definition) is 1. The van der Waals surface area contributed by atoms with Crippen LogP contribution in [-0.4, -0.2) is 0 Å². The minimum atomic E-state index is -0.981. The Morgan fingerprint density at radius 2 is 1.68 bits per heavy atom. The molecule has 0 saturated carbocycles. The van der Waals surface area contributed by atoms with Crippen molar-refractivity contribution in [2.24, 2.45) is 0 Å². The lowest BCUT2D eigenvalue weighted by Crippen LogP contribution is -2.05. The van der Waals surface area contributed by atoms with Crippen LogP contribution in [0.5, 0.6) is 0 Å². The highest BCUT2D eigenvalue weighted by Gasteiger charge is 2.11. The quantitative estimate of drug-likeness (QED) is 0.809. The molecular weight excluding hydrogens is 343 g/mol. The Morgan fingerprint density at radius 3 is 2.26 bits per heavy atom. The van der Waals surface area contributed by atoms with Crippen LogP contribution >= 0.6 is 27.5 Å². The minimum Gasteiger partial charge on any atom is -0.376 e. The van der Waals surface area contributed by atoms with Gasteiger partial charge in [-0.25, -0.2) is 13.2 Å². The summed E-state index contributed by atoms with van der Waals surface area (Å²) in [6, 6.07) is 6.40. The van der Waals surface area contributed by atoms with Crippen molar-refractivity contribution in [3.63, 3.8) is 0 Å². The molecule has 0 aliphatic rings. The summed E-state index contributed by atoms with van der Waals surface area (Å²) in [7, 11) is 0. The Morgan fingerprint density at radius 1 is 1.05 bits per heavy atom. The maximum atomic E-state index is 13.4. The van der Waals surface area contributed by atoms with Gasteiger partial charge in [-0.1, -0.05) is 33.6 Å². The molecule has 0 spiro atoms. The van der Waals surface area contributed by atoms with Crippen LogP contribution in [0, 0.1) is 17.5 Å². The monoisotopic (exact) mass is 349 g/mol. The maximum absolute atomic E-state index is 13.4. The van der Waals surface area contributed by atoms with Crippen LogP contribution in [0.2, 0.25) is 5.02 Å². The number of rotatable bonds is 3. The number of hydrogen-bond donors (Lipinski definition) is 1. The first-order chi connectivity index (χ1) is 8.97. The van der Waals surface area contributed by atoms with Gasteiger partial charge in [-0.05, 0) is 17.7 Å². The second-order valence-electron chi connectivity index (χ2n) is 3.83. The molecule has 0 aromatic heterocycles. The van der Waals surface area contributed by atoms with Crippen molar-refractivity contribution in [3.05, 3.63) is 62.8 Å². The van der Waals surface area contributed by atoms with Crippen molar-refractivity contribution in [1.29, 1.82) is 0 Å². The van der Waals surface area contributed by atoms with Crippen LogP contribution < -0.4 is 5.32 Å². The molecule has 0 atom stereocenters. The summed E-state index contributed by atoms with van der Waals surface area (Å²) in [6.45, 7) is 0.131. The first-order valence-electron chi connectivity index (χ1n) is 5.29. The van der Waals surface area contributed by atoms with Crippen molar-refractivity contribution in [1.82, 2.24) is 0 Å². The summed E-state index contributed by atoms with van der Waals surface area (Å²) in [6.07, 6.45) is 0. The zero-order chi connectivity index (χ0) is 14.0. The van der Waals surface area contributed by atoms with Crippen molar-refractivity contribution in [2.75, 3.05) is 5.32 Å². The summed E-state index contributed by atoms with van der Waals surface area (Å²) in [5, 5.41) is 3.03. The fourth-order valence-electron chi connectivity index (χ4n) is 1.56. The predicted molar refractivity (Wildman–Crippen MR) is 72.8 cm³/mol. The molecule has 0 saturated heterocycles. The van der Waals surface area contributed by atoms with Crippen LogP contribution in [0.4, 0.5) is 18.9 Å². The van der Waals surface area contributed by atoms with Gasteiger partial charge in [0.2, 0.25) is 0 Å². The van der Waals surface area contributed by atoms with Crippen molar-refractivity contribution >= 4 is 33.2 Å². The van der Waals surface area contributed by atoms with Gasteiger partial charge in [-0.3, -0.25) is 0 Å². The molecular formula is C13H8BrClF3N. The third-order valence-corrected chi connectivity index (χ3v) is 3.32. The molecule has 0 amide bonds. The van der Waals surface area contributed by atoms with Gasteiger partial charge < -0.3 is 5.32 Å². The second kappa shape index (κ2) is 5.84. The van der Waals surface area contributed by atoms with E-state index in [9.17, 15) is 13.2 Å². The van der Waals surface area contributed by atoms with Crippen molar-refractivity contribution in [3.8, 4) is 0 Å². The highest BCUT2D eigenvalue weighted by Crippen LogP contribution is 2.24. The molecule has 19 heavy (non-hydrogen) atoms. The van der Waals surface area contributed by atoms with Crippen molar-refractivity contribution in [2.45, 2.75) is 6.54 Å². The molecule has 0 aliphatic carbocycles. The summed E-state index contributed by atoms with van der Waals surface area (Å²) < 4.78 is 40.3. The van der Waals surface area contributed by atoms with E-state index in [0.29, 0.717) is 22.7 Å². The lowest BCUT2D eigenvalue weighted by Gasteiger charge is -2.10. The smallest absolute Gasteiger partial charge is 0.152 e. The van der Waals surface area contributed by atoms with E-state index in [1.54, 1.807) is 18.2 Å². The first kappa shape index (κ1) is 14.2. The molecule has 0 heterocycles. The molecule has 0 aliphatic heterocycles. The number of benzene rings is 2. The molecule has 2 aromatic carbocycles. The normalized spacial score (nSPS) is 10.6. The van der Waals surface area contributed by atoms with E-state index in [1.807, 2.05) is 0 Å². The summed E-state index contributed by atoms with van der Waals surface area (Å²) in [4.78, 5) is 0. The molecule has 0 unspecified atom stereocenters. The Labute approximate surface area is 121 Å². The molecule has 2 rings (SSSR count). The van der Waals surface area contributed by atoms with Gasteiger partial charge in [0.15, 0.2) is 11.6 Å². The summed E-state index contributed by atoms with van der Waals surface area (Å²) in [5.74, 6) is -2.92. The number of anilines is 1.